The highest BCUT2D eigenvalue weighted by atomic mass is 16.5. The van der Waals surface area contributed by atoms with Crippen LogP contribution in [0.4, 0.5) is 0 Å². The van der Waals surface area contributed by atoms with E-state index in [9.17, 15) is 0 Å². The molecule has 0 saturated heterocycles. The van der Waals surface area contributed by atoms with Crippen LogP contribution < -0.4 is 0 Å². The fourth-order valence-electron chi connectivity index (χ4n) is 0.812. The van der Waals surface area contributed by atoms with Gasteiger partial charge in [-0.05, 0) is 25.7 Å². The van der Waals surface area contributed by atoms with Gasteiger partial charge in [-0.15, -0.1) is 0 Å². The minimum absolute atomic E-state index is 0.347. The third-order valence-corrected chi connectivity index (χ3v) is 1.52. The normalized spacial score (nSPS) is 14.9. The van der Waals surface area contributed by atoms with Gasteiger partial charge in [-0.1, -0.05) is 32.9 Å². The summed E-state index contributed by atoms with van der Waals surface area (Å²) in [6.45, 7) is 11.5. The molecule has 1 nitrogen and oxygen atoms in total. The summed E-state index contributed by atoms with van der Waals surface area (Å²) < 4.78 is 5.48. The monoisotopic (exact) mass is 170 g/mol. The van der Waals surface area contributed by atoms with Crippen LogP contribution in [0, 0.1) is 11.8 Å². The van der Waals surface area contributed by atoms with E-state index in [-0.39, 0.29) is 0 Å². The molecule has 0 aromatic carbocycles. The molecule has 0 aliphatic carbocycles. The van der Waals surface area contributed by atoms with Gasteiger partial charge in [0.2, 0.25) is 0 Å². The maximum Gasteiger partial charge on any atom is 0.0529 e. The molecule has 0 aromatic heterocycles. The fraction of sp³-hybridized carbons (Fsp3) is 0.818. The summed E-state index contributed by atoms with van der Waals surface area (Å²) in [5.41, 5.74) is 0. The molecule has 0 spiro atoms. The van der Waals surface area contributed by atoms with E-state index in [1.54, 1.807) is 0 Å². The Hall–Kier alpha value is -0.300. The minimum atomic E-state index is 0.347. The lowest BCUT2D eigenvalue weighted by atomic mass is 10.1. The Balaban J connectivity index is 3.52. The fourth-order valence-corrected chi connectivity index (χ4v) is 0.812. The Morgan fingerprint density at radius 3 is 2.00 bits per heavy atom. The Morgan fingerprint density at radius 1 is 1.00 bits per heavy atom. The van der Waals surface area contributed by atoms with Gasteiger partial charge >= 0.3 is 0 Å². The van der Waals surface area contributed by atoms with Gasteiger partial charge < -0.3 is 4.74 Å². The van der Waals surface area contributed by atoms with Crippen molar-refractivity contribution in [3.8, 4) is 0 Å². The second kappa shape index (κ2) is 6.24. The van der Waals surface area contributed by atoms with Crippen molar-refractivity contribution in [2.45, 2.75) is 40.7 Å². The van der Waals surface area contributed by atoms with Gasteiger partial charge in [0, 0.05) is 0 Å². The lowest BCUT2D eigenvalue weighted by molar-refractivity contribution is 0.0647. The van der Waals surface area contributed by atoms with Crippen molar-refractivity contribution in [3.05, 3.63) is 12.2 Å². The zero-order valence-corrected chi connectivity index (χ0v) is 9.00. The first-order valence-corrected chi connectivity index (χ1v) is 4.82. The Labute approximate surface area is 76.8 Å². The molecule has 0 rings (SSSR count). The third kappa shape index (κ3) is 7.80. The summed E-state index contributed by atoms with van der Waals surface area (Å²) in [4.78, 5) is 0. The van der Waals surface area contributed by atoms with Gasteiger partial charge in [0.1, 0.15) is 0 Å². The lowest BCUT2D eigenvalue weighted by Gasteiger charge is -2.10. The van der Waals surface area contributed by atoms with Gasteiger partial charge in [0.25, 0.3) is 0 Å². The van der Waals surface area contributed by atoms with E-state index in [2.05, 4.69) is 46.8 Å². The van der Waals surface area contributed by atoms with E-state index in [0.29, 0.717) is 17.9 Å². The molecular formula is C11H22O. The molecular weight excluding hydrogens is 148 g/mol. The summed E-state index contributed by atoms with van der Waals surface area (Å²) in [6, 6.07) is 0. The number of hydrogen-bond donors (Lipinski definition) is 0. The molecule has 0 fully saturated rings. The zero-order chi connectivity index (χ0) is 9.56. The summed E-state index contributed by atoms with van der Waals surface area (Å²) in [7, 11) is 0. The van der Waals surface area contributed by atoms with E-state index in [1.807, 2.05) is 0 Å². The number of allylic oxidation sites excluding steroid dienone is 1. The van der Waals surface area contributed by atoms with E-state index in [4.69, 9.17) is 4.74 Å². The second-order valence-electron chi connectivity index (χ2n) is 3.99. The average molecular weight is 170 g/mol. The molecule has 12 heavy (non-hydrogen) atoms. The topological polar surface area (TPSA) is 9.23 Å². The van der Waals surface area contributed by atoms with Gasteiger partial charge in [-0.25, -0.2) is 0 Å². The van der Waals surface area contributed by atoms with Crippen LogP contribution in [0.15, 0.2) is 12.2 Å². The van der Waals surface area contributed by atoms with Gasteiger partial charge in [0.05, 0.1) is 12.7 Å². The maximum absolute atomic E-state index is 5.48. The molecule has 1 atom stereocenters. The lowest BCUT2D eigenvalue weighted by Crippen LogP contribution is -2.09. The van der Waals surface area contributed by atoms with Crippen molar-refractivity contribution >= 4 is 0 Å². The predicted molar refractivity (Wildman–Crippen MR) is 54.2 cm³/mol. The highest BCUT2D eigenvalue weighted by molar-refractivity contribution is 4.88. The molecule has 0 radical (unpaired) electrons. The predicted octanol–water partition coefficient (Wildman–Crippen LogP) is 3.26. The van der Waals surface area contributed by atoms with Crippen molar-refractivity contribution in [2.75, 3.05) is 6.61 Å². The third-order valence-electron chi connectivity index (χ3n) is 1.52. The molecule has 1 unspecified atom stereocenters. The van der Waals surface area contributed by atoms with Crippen LogP contribution in [-0.2, 0) is 4.74 Å². The first-order chi connectivity index (χ1) is 5.52. The highest BCUT2D eigenvalue weighted by Crippen LogP contribution is 2.03. The number of ether oxygens (including phenoxy) is 1. The molecule has 0 N–H and O–H groups in total. The summed E-state index contributed by atoms with van der Waals surface area (Å²) in [5.74, 6) is 1.18. The molecule has 1 heteroatoms. The number of rotatable bonds is 5. The van der Waals surface area contributed by atoms with E-state index in [1.165, 1.54) is 0 Å². The van der Waals surface area contributed by atoms with Crippen LogP contribution >= 0.6 is 0 Å². The van der Waals surface area contributed by atoms with Gasteiger partial charge in [0.15, 0.2) is 0 Å². The van der Waals surface area contributed by atoms with Gasteiger partial charge in [-0.3, -0.25) is 0 Å². The Morgan fingerprint density at radius 2 is 1.58 bits per heavy atom. The number of hydrogen-bond acceptors (Lipinski definition) is 1. The van der Waals surface area contributed by atoms with Gasteiger partial charge in [-0.2, -0.15) is 0 Å². The standard InChI is InChI=1S/C11H22O/c1-9(2)6-7-11(5)8-12-10(3)4/h6-7,9-11H,8H2,1-5H3/b7-6+. The Bertz CT molecular complexity index is 125. The van der Waals surface area contributed by atoms with Crippen molar-refractivity contribution in [1.29, 1.82) is 0 Å². The molecule has 0 amide bonds. The maximum atomic E-state index is 5.48. The average Bonchev–Trinajstić information content (AvgIpc) is 1.96. The molecule has 0 aromatic rings. The molecule has 72 valence electrons. The molecule has 0 aliphatic heterocycles. The SMILES string of the molecule is CC(C)/C=C/C(C)COC(C)C. The minimum Gasteiger partial charge on any atom is -0.378 e. The molecule has 0 heterocycles. The van der Waals surface area contributed by atoms with Crippen molar-refractivity contribution in [1.82, 2.24) is 0 Å². The van der Waals surface area contributed by atoms with Crippen LogP contribution in [-0.4, -0.2) is 12.7 Å². The van der Waals surface area contributed by atoms with Crippen LogP contribution in [0.2, 0.25) is 0 Å². The van der Waals surface area contributed by atoms with E-state index >= 15 is 0 Å². The summed E-state index contributed by atoms with van der Waals surface area (Å²) in [5, 5.41) is 0. The molecule has 0 bridgehead atoms. The zero-order valence-electron chi connectivity index (χ0n) is 9.00. The van der Waals surface area contributed by atoms with Crippen LogP contribution in [0.25, 0.3) is 0 Å². The quantitative estimate of drug-likeness (QED) is 0.575. The van der Waals surface area contributed by atoms with Crippen LogP contribution in [0.5, 0.6) is 0 Å². The summed E-state index contributed by atoms with van der Waals surface area (Å²) >= 11 is 0. The second-order valence-corrected chi connectivity index (χ2v) is 3.99. The van der Waals surface area contributed by atoms with Crippen molar-refractivity contribution < 1.29 is 4.74 Å². The van der Waals surface area contributed by atoms with Crippen molar-refractivity contribution in [2.24, 2.45) is 11.8 Å². The Kier molecular flexibility index (Phi) is 6.09. The molecule has 0 aliphatic rings. The van der Waals surface area contributed by atoms with Crippen molar-refractivity contribution in [3.63, 3.8) is 0 Å². The highest BCUT2D eigenvalue weighted by Gasteiger charge is 1.99. The molecule has 0 saturated carbocycles. The smallest absolute Gasteiger partial charge is 0.0529 e. The van der Waals surface area contributed by atoms with E-state index in [0.717, 1.165) is 6.61 Å². The first kappa shape index (κ1) is 11.7. The van der Waals surface area contributed by atoms with E-state index < -0.39 is 0 Å². The first-order valence-electron chi connectivity index (χ1n) is 4.82. The summed E-state index contributed by atoms with van der Waals surface area (Å²) in [6.07, 6.45) is 4.81. The van der Waals surface area contributed by atoms with Crippen LogP contribution in [0.3, 0.4) is 0 Å². The van der Waals surface area contributed by atoms with Crippen LogP contribution in [0.1, 0.15) is 34.6 Å². The largest absolute Gasteiger partial charge is 0.378 e.